The minimum absolute atomic E-state index is 0.243. The van der Waals surface area contributed by atoms with Crippen LogP contribution in [0.15, 0.2) is 30.5 Å². The zero-order valence-corrected chi connectivity index (χ0v) is 13.7. The summed E-state index contributed by atoms with van der Waals surface area (Å²) >= 11 is 0. The van der Waals surface area contributed by atoms with Crippen molar-refractivity contribution < 1.29 is 18.0 Å². The standard InChI is InChI=1S/C18H18F3N3O/c1-10(14-7-13(19)8-15(20)17(14)21)24-18(25)23-9-11-4-5-22-16(6-11)12-2-3-12/h4-8,10,12H,2-3,9H2,1H3,(H2,23,24,25). The molecule has 132 valence electrons. The van der Waals surface area contributed by atoms with Crippen LogP contribution in [0.1, 0.15) is 48.5 Å². The summed E-state index contributed by atoms with van der Waals surface area (Å²) in [4.78, 5) is 16.3. The molecule has 1 unspecified atom stereocenters. The minimum Gasteiger partial charge on any atom is -0.334 e. The summed E-state index contributed by atoms with van der Waals surface area (Å²) < 4.78 is 40.2. The molecule has 2 amide bonds. The van der Waals surface area contributed by atoms with Gasteiger partial charge in [-0.3, -0.25) is 4.98 Å². The summed E-state index contributed by atoms with van der Waals surface area (Å²) in [6.07, 6.45) is 3.98. The minimum atomic E-state index is -1.28. The summed E-state index contributed by atoms with van der Waals surface area (Å²) in [7, 11) is 0. The van der Waals surface area contributed by atoms with Gasteiger partial charge in [0.25, 0.3) is 0 Å². The summed E-state index contributed by atoms with van der Waals surface area (Å²) in [5.41, 5.74) is 1.68. The van der Waals surface area contributed by atoms with Crippen LogP contribution in [0, 0.1) is 17.5 Å². The number of carbonyl (C=O) groups is 1. The molecule has 1 atom stereocenters. The lowest BCUT2D eigenvalue weighted by Crippen LogP contribution is -2.37. The highest BCUT2D eigenvalue weighted by atomic mass is 19.2. The number of aromatic nitrogens is 1. The monoisotopic (exact) mass is 349 g/mol. The molecule has 0 aliphatic heterocycles. The van der Waals surface area contributed by atoms with Crippen molar-refractivity contribution in [1.29, 1.82) is 0 Å². The third-order valence-electron chi connectivity index (χ3n) is 4.13. The van der Waals surface area contributed by atoms with Gasteiger partial charge in [-0.25, -0.2) is 18.0 Å². The van der Waals surface area contributed by atoms with Crippen molar-refractivity contribution >= 4 is 6.03 Å². The molecule has 1 aliphatic carbocycles. The SMILES string of the molecule is CC(NC(=O)NCc1ccnc(C2CC2)c1)c1cc(F)cc(F)c1F. The Morgan fingerprint density at radius 2 is 2.04 bits per heavy atom. The number of hydrogen-bond acceptors (Lipinski definition) is 2. The van der Waals surface area contributed by atoms with E-state index in [1.54, 1.807) is 12.3 Å². The van der Waals surface area contributed by atoms with E-state index in [0.717, 1.165) is 30.2 Å². The van der Waals surface area contributed by atoms with Gasteiger partial charge in [0.15, 0.2) is 11.6 Å². The van der Waals surface area contributed by atoms with Crippen LogP contribution in [-0.4, -0.2) is 11.0 Å². The third-order valence-corrected chi connectivity index (χ3v) is 4.13. The average molecular weight is 349 g/mol. The number of nitrogens with zero attached hydrogens (tertiary/aromatic N) is 1. The Labute approximate surface area is 143 Å². The first-order chi connectivity index (χ1) is 11.9. The van der Waals surface area contributed by atoms with Gasteiger partial charge in [-0.2, -0.15) is 0 Å². The van der Waals surface area contributed by atoms with E-state index < -0.39 is 29.5 Å². The lowest BCUT2D eigenvalue weighted by Gasteiger charge is -2.16. The Balaban J connectivity index is 1.58. The van der Waals surface area contributed by atoms with Crippen molar-refractivity contribution in [3.8, 4) is 0 Å². The van der Waals surface area contributed by atoms with Crippen LogP contribution < -0.4 is 10.6 Å². The quantitative estimate of drug-likeness (QED) is 0.804. The molecule has 3 rings (SSSR count). The van der Waals surface area contributed by atoms with Crippen LogP contribution in [-0.2, 0) is 6.54 Å². The predicted molar refractivity (Wildman–Crippen MR) is 86.3 cm³/mol. The fourth-order valence-electron chi connectivity index (χ4n) is 2.61. The fourth-order valence-corrected chi connectivity index (χ4v) is 2.61. The number of rotatable bonds is 5. The van der Waals surface area contributed by atoms with Gasteiger partial charge in [0.1, 0.15) is 5.82 Å². The first-order valence-electron chi connectivity index (χ1n) is 8.07. The molecular weight excluding hydrogens is 331 g/mol. The Morgan fingerprint density at radius 1 is 1.28 bits per heavy atom. The van der Waals surface area contributed by atoms with Crippen molar-refractivity contribution in [3.05, 3.63) is 64.7 Å². The van der Waals surface area contributed by atoms with Crippen LogP contribution in [0.4, 0.5) is 18.0 Å². The summed E-state index contributed by atoms with van der Waals surface area (Å²) in [6, 6.07) is 3.65. The number of urea groups is 1. The number of pyridine rings is 1. The molecule has 2 aromatic rings. The van der Waals surface area contributed by atoms with Crippen molar-refractivity contribution in [1.82, 2.24) is 15.6 Å². The molecule has 1 saturated carbocycles. The molecule has 4 nitrogen and oxygen atoms in total. The van der Waals surface area contributed by atoms with Crippen LogP contribution in [0.25, 0.3) is 0 Å². The second-order valence-electron chi connectivity index (χ2n) is 6.20. The van der Waals surface area contributed by atoms with E-state index in [4.69, 9.17) is 0 Å². The van der Waals surface area contributed by atoms with Gasteiger partial charge in [-0.15, -0.1) is 0 Å². The van der Waals surface area contributed by atoms with E-state index >= 15 is 0 Å². The normalized spacial score (nSPS) is 14.9. The Morgan fingerprint density at radius 3 is 2.76 bits per heavy atom. The van der Waals surface area contributed by atoms with E-state index in [9.17, 15) is 18.0 Å². The maximum atomic E-state index is 13.7. The molecule has 1 heterocycles. The van der Waals surface area contributed by atoms with Gasteiger partial charge < -0.3 is 10.6 Å². The molecule has 25 heavy (non-hydrogen) atoms. The maximum Gasteiger partial charge on any atom is 0.315 e. The first-order valence-corrected chi connectivity index (χ1v) is 8.07. The van der Waals surface area contributed by atoms with Crippen LogP contribution >= 0.6 is 0 Å². The number of halogens is 3. The van der Waals surface area contributed by atoms with Crippen molar-refractivity contribution in [2.45, 2.75) is 38.3 Å². The first kappa shape index (κ1) is 17.3. The molecule has 1 aliphatic rings. The largest absolute Gasteiger partial charge is 0.334 e. The molecule has 2 N–H and O–H groups in total. The van der Waals surface area contributed by atoms with Crippen molar-refractivity contribution in [2.24, 2.45) is 0 Å². The number of benzene rings is 1. The fraction of sp³-hybridized carbons (Fsp3) is 0.333. The summed E-state index contributed by atoms with van der Waals surface area (Å²) in [6.45, 7) is 1.73. The zero-order chi connectivity index (χ0) is 18.0. The Bertz CT molecular complexity index is 793. The molecule has 0 radical (unpaired) electrons. The van der Waals surface area contributed by atoms with E-state index in [2.05, 4.69) is 15.6 Å². The molecular formula is C18H18F3N3O. The second-order valence-corrected chi connectivity index (χ2v) is 6.20. The van der Waals surface area contributed by atoms with Gasteiger partial charge >= 0.3 is 6.03 Å². The van der Waals surface area contributed by atoms with Gasteiger partial charge in [0.05, 0.1) is 6.04 Å². The molecule has 0 bridgehead atoms. The summed E-state index contributed by atoms with van der Waals surface area (Å²) in [5.74, 6) is -2.84. The second kappa shape index (κ2) is 7.13. The molecule has 0 saturated heterocycles. The van der Waals surface area contributed by atoms with Crippen LogP contribution in [0.5, 0.6) is 0 Å². The molecule has 0 spiro atoms. The maximum absolute atomic E-state index is 13.7. The average Bonchev–Trinajstić information content (AvgIpc) is 3.41. The lowest BCUT2D eigenvalue weighted by molar-refractivity contribution is 0.237. The zero-order valence-electron chi connectivity index (χ0n) is 13.7. The van der Waals surface area contributed by atoms with Gasteiger partial charge in [0, 0.05) is 36.0 Å². The van der Waals surface area contributed by atoms with E-state index in [-0.39, 0.29) is 12.1 Å². The number of nitrogens with one attached hydrogen (secondary N) is 2. The smallest absolute Gasteiger partial charge is 0.315 e. The van der Waals surface area contributed by atoms with Crippen LogP contribution in [0.2, 0.25) is 0 Å². The number of amides is 2. The van der Waals surface area contributed by atoms with Crippen LogP contribution in [0.3, 0.4) is 0 Å². The number of hydrogen-bond donors (Lipinski definition) is 2. The predicted octanol–water partition coefficient (Wildman–Crippen LogP) is 3.94. The topological polar surface area (TPSA) is 54.0 Å². The molecule has 1 aromatic heterocycles. The Kier molecular flexibility index (Phi) is 4.92. The van der Waals surface area contributed by atoms with Crippen molar-refractivity contribution in [3.63, 3.8) is 0 Å². The summed E-state index contributed by atoms with van der Waals surface area (Å²) in [5, 5.41) is 5.12. The van der Waals surface area contributed by atoms with Gasteiger partial charge in [-0.1, -0.05) is 0 Å². The van der Waals surface area contributed by atoms with E-state index in [1.807, 2.05) is 6.07 Å². The highest BCUT2D eigenvalue weighted by Gasteiger charge is 2.25. The molecule has 1 fully saturated rings. The van der Waals surface area contributed by atoms with Gasteiger partial charge in [0.2, 0.25) is 0 Å². The lowest BCUT2D eigenvalue weighted by atomic mass is 10.1. The third kappa shape index (κ3) is 4.29. The highest BCUT2D eigenvalue weighted by molar-refractivity contribution is 5.74. The van der Waals surface area contributed by atoms with Crippen molar-refractivity contribution in [2.75, 3.05) is 0 Å². The number of carbonyl (C=O) groups excluding carboxylic acids is 1. The van der Waals surface area contributed by atoms with E-state index in [0.29, 0.717) is 12.0 Å². The van der Waals surface area contributed by atoms with E-state index in [1.165, 1.54) is 6.92 Å². The van der Waals surface area contributed by atoms with Gasteiger partial charge in [-0.05, 0) is 43.5 Å². The molecule has 7 heteroatoms. The Hall–Kier alpha value is -2.57. The molecule has 1 aromatic carbocycles. The highest BCUT2D eigenvalue weighted by Crippen LogP contribution is 2.38.